The van der Waals surface area contributed by atoms with Crippen LogP contribution in [0.5, 0.6) is 11.8 Å². The van der Waals surface area contributed by atoms with Gasteiger partial charge in [0.05, 0.1) is 17.3 Å². The van der Waals surface area contributed by atoms with Crippen molar-refractivity contribution in [1.29, 1.82) is 5.41 Å². The molecule has 166 valence electrons. The fourth-order valence-corrected chi connectivity index (χ4v) is 2.81. The monoisotopic (exact) mass is 490 g/mol. The first kappa shape index (κ1) is 28.4. The van der Waals surface area contributed by atoms with Crippen molar-refractivity contribution in [1.82, 2.24) is 9.97 Å². The topological polar surface area (TPSA) is 94.1 Å². The molecular formula is C20H28Cl2N4O2S2. The lowest BCUT2D eigenvalue weighted by atomic mass is 10.3. The standard InChI is InChI=1S/C10H13ClN2OS.C9H11ClN2OS.CH4/c1-6(2)14-9-5-7(10(12)15-3)4-8(11)13-9;1-5(2)13-8-4-6(9(11)14)3-7(10)12-8;/h4-6,12H,1-3H3;3-5H,1-2H3,(H2,11,14);1H4. The lowest BCUT2D eigenvalue weighted by Gasteiger charge is -2.10. The van der Waals surface area contributed by atoms with E-state index in [0.29, 0.717) is 32.7 Å². The number of ether oxygens (including phenoxy) is 2. The van der Waals surface area contributed by atoms with Gasteiger partial charge in [-0.25, -0.2) is 9.97 Å². The maximum atomic E-state index is 7.68. The van der Waals surface area contributed by atoms with Crippen LogP contribution in [0.3, 0.4) is 0 Å². The van der Waals surface area contributed by atoms with E-state index in [-0.39, 0.29) is 24.6 Å². The van der Waals surface area contributed by atoms with Crippen LogP contribution in [0.15, 0.2) is 24.3 Å². The molecule has 2 heterocycles. The molecule has 2 rings (SSSR count). The number of aromatic nitrogens is 2. The minimum absolute atomic E-state index is 0. The van der Waals surface area contributed by atoms with Gasteiger partial charge in [-0.2, -0.15) is 0 Å². The number of thioether (sulfide) groups is 1. The van der Waals surface area contributed by atoms with Gasteiger partial charge in [0, 0.05) is 23.3 Å². The summed E-state index contributed by atoms with van der Waals surface area (Å²) in [7, 11) is 0. The summed E-state index contributed by atoms with van der Waals surface area (Å²) in [6.45, 7) is 7.65. The fourth-order valence-electron chi connectivity index (χ4n) is 1.94. The third kappa shape index (κ3) is 10.4. The Kier molecular flexibility index (Phi) is 12.9. The minimum atomic E-state index is 0. The number of nitrogens with two attached hydrogens (primary N) is 1. The second kappa shape index (κ2) is 13.6. The van der Waals surface area contributed by atoms with Crippen molar-refractivity contribution in [2.24, 2.45) is 5.73 Å². The molecule has 0 aliphatic carbocycles. The van der Waals surface area contributed by atoms with Crippen LogP contribution in [-0.4, -0.2) is 38.5 Å². The molecule has 0 spiro atoms. The Morgan fingerprint density at radius 1 is 0.967 bits per heavy atom. The Bertz CT molecular complexity index is 865. The van der Waals surface area contributed by atoms with E-state index in [1.165, 1.54) is 11.8 Å². The quantitative estimate of drug-likeness (QED) is 0.221. The molecule has 0 atom stereocenters. The second-order valence-corrected chi connectivity index (χ2v) is 8.30. The van der Waals surface area contributed by atoms with E-state index in [1.807, 2.05) is 34.0 Å². The smallest absolute Gasteiger partial charge is 0.215 e. The highest BCUT2D eigenvalue weighted by Gasteiger charge is 2.07. The van der Waals surface area contributed by atoms with Gasteiger partial charge in [0.15, 0.2) is 0 Å². The van der Waals surface area contributed by atoms with E-state index in [0.717, 1.165) is 5.56 Å². The molecular weight excluding hydrogens is 463 g/mol. The zero-order valence-electron chi connectivity index (χ0n) is 16.8. The molecule has 6 nitrogen and oxygen atoms in total. The van der Waals surface area contributed by atoms with Crippen LogP contribution in [0.2, 0.25) is 10.3 Å². The van der Waals surface area contributed by atoms with Gasteiger partial charge < -0.3 is 15.2 Å². The van der Waals surface area contributed by atoms with Crippen LogP contribution >= 0.6 is 47.2 Å². The molecule has 0 bridgehead atoms. The molecule has 0 saturated heterocycles. The van der Waals surface area contributed by atoms with Crippen molar-refractivity contribution in [3.05, 3.63) is 45.7 Å². The molecule has 0 aliphatic heterocycles. The first-order chi connectivity index (χ1) is 13.5. The summed E-state index contributed by atoms with van der Waals surface area (Å²) in [6, 6.07) is 6.67. The summed E-state index contributed by atoms with van der Waals surface area (Å²) in [6.07, 6.45) is 1.94. The summed E-state index contributed by atoms with van der Waals surface area (Å²) in [5.74, 6) is 0.904. The molecule has 0 unspecified atom stereocenters. The molecule has 0 radical (unpaired) electrons. The van der Waals surface area contributed by atoms with Crippen molar-refractivity contribution < 1.29 is 9.47 Å². The van der Waals surface area contributed by atoms with E-state index in [4.69, 9.17) is 56.0 Å². The maximum absolute atomic E-state index is 7.68. The van der Waals surface area contributed by atoms with E-state index < -0.39 is 0 Å². The number of thiocarbonyl (C=S) groups is 1. The minimum Gasteiger partial charge on any atom is -0.475 e. The number of halogens is 2. The molecule has 0 aliphatic rings. The second-order valence-electron chi connectivity index (χ2n) is 6.26. The van der Waals surface area contributed by atoms with Crippen molar-refractivity contribution >= 4 is 57.2 Å². The molecule has 0 aromatic carbocycles. The van der Waals surface area contributed by atoms with Gasteiger partial charge in [0.25, 0.3) is 0 Å². The lowest BCUT2D eigenvalue weighted by Crippen LogP contribution is -2.12. The van der Waals surface area contributed by atoms with Crippen molar-refractivity contribution in [3.63, 3.8) is 0 Å². The van der Waals surface area contributed by atoms with Crippen molar-refractivity contribution in [3.8, 4) is 11.8 Å². The lowest BCUT2D eigenvalue weighted by molar-refractivity contribution is 0.232. The number of nitrogens with zero attached hydrogens (tertiary/aromatic N) is 2. The first-order valence-corrected chi connectivity index (χ1v) is 11.0. The Morgan fingerprint density at radius 2 is 1.37 bits per heavy atom. The predicted octanol–water partition coefficient (Wildman–Crippen LogP) is 6.00. The highest BCUT2D eigenvalue weighted by molar-refractivity contribution is 8.13. The van der Waals surface area contributed by atoms with Gasteiger partial charge in [-0.3, -0.25) is 5.41 Å². The molecule has 0 saturated carbocycles. The SMILES string of the molecule is C.CC(C)Oc1cc(C(N)=S)cc(Cl)n1.CSC(=N)c1cc(Cl)nc(OC(C)C)c1. The normalized spacial score (nSPS) is 10.0. The predicted molar refractivity (Wildman–Crippen MR) is 133 cm³/mol. The molecule has 10 heteroatoms. The Labute approximate surface area is 198 Å². The Morgan fingerprint density at radius 3 is 1.73 bits per heavy atom. The van der Waals surface area contributed by atoms with Crippen molar-refractivity contribution in [2.45, 2.75) is 47.3 Å². The third-order valence-corrected chi connectivity index (χ3v) is 4.27. The number of hydrogen-bond acceptors (Lipinski definition) is 7. The maximum Gasteiger partial charge on any atom is 0.215 e. The molecule has 0 fully saturated rings. The van der Waals surface area contributed by atoms with Crippen LogP contribution in [-0.2, 0) is 0 Å². The third-order valence-electron chi connectivity index (χ3n) is 3.00. The van der Waals surface area contributed by atoms with E-state index >= 15 is 0 Å². The highest BCUT2D eigenvalue weighted by Crippen LogP contribution is 2.20. The summed E-state index contributed by atoms with van der Waals surface area (Å²) in [5.41, 5.74) is 6.87. The number of hydrogen-bond donors (Lipinski definition) is 2. The largest absolute Gasteiger partial charge is 0.475 e. The van der Waals surface area contributed by atoms with E-state index in [2.05, 4.69) is 9.97 Å². The summed E-state index contributed by atoms with van der Waals surface area (Å²) < 4.78 is 10.8. The zero-order valence-corrected chi connectivity index (χ0v) is 20.0. The van der Waals surface area contributed by atoms with Gasteiger partial charge >= 0.3 is 0 Å². The number of pyridine rings is 2. The molecule has 2 aromatic heterocycles. The molecule has 2 aromatic rings. The van der Waals surface area contributed by atoms with E-state index in [1.54, 1.807) is 24.3 Å². The fraction of sp³-hybridized carbons (Fsp3) is 0.400. The van der Waals surface area contributed by atoms with Crippen LogP contribution < -0.4 is 15.2 Å². The highest BCUT2D eigenvalue weighted by atomic mass is 35.5. The summed E-state index contributed by atoms with van der Waals surface area (Å²) in [4.78, 5) is 8.29. The van der Waals surface area contributed by atoms with Crippen LogP contribution in [0.25, 0.3) is 0 Å². The number of nitrogens with one attached hydrogen (secondary N) is 1. The zero-order chi connectivity index (χ0) is 22.1. The van der Waals surface area contributed by atoms with Gasteiger partial charge in [-0.15, -0.1) is 11.8 Å². The molecule has 3 N–H and O–H groups in total. The van der Waals surface area contributed by atoms with Gasteiger partial charge in [-0.1, -0.05) is 42.8 Å². The Balaban J connectivity index is 0.000000544. The number of rotatable bonds is 6. The van der Waals surface area contributed by atoms with Gasteiger partial charge in [-0.05, 0) is 46.1 Å². The average Bonchev–Trinajstić information content (AvgIpc) is 2.59. The molecule has 30 heavy (non-hydrogen) atoms. The van der Waals surface area contributed by atoms with Crippen LogP contribution in [0, 0.1) is 5.41 Å². The van der Waals surface area contributed by atoms with E-state index in [9.17, 15) is 0 Å². The summed E-state index contributed by atoms with van der Waals surface area (Å²) >= 11 is 17.8. The Hall–Kier alpha value is -1.61. The van der Waals surface area contributed by atoms with Crippen molar-refractivity contribution in [2.75, 3.05) is 6.26 Å². The van der Waals surface area contributed by atoms with Crippen LogP contribution in [0.1, 0.15) is 46.2 Å². The van der Waals surface area contributed by atoms with Gasteiger partial charge in [0.2, 0.25) is 11.8 Å². The van der Waals surface area contributed by atoms with Crippen LogP contribution in [0.4, 0.5) is 0 Å². The summed E-state index contributed by atoms with van der Waals surface area (Å²) in [5, 5.41) is 8.80. The molecule has 0 amide bonds. The first-order valence-electron chi connectivity index (χ1n) is 8.63. The van der Waals surface area contributed by atoms with Gasteiger partial charge in [0.1, 0.15) is 15.3 Å². The average molecular weight is 492 g/mol.